The fourth-order valence-electron chi connectivity index (χ4n) is 2.46. The Labute approximate surface area is 138 Å². The number of carbonyl (C=O) groups is 1. The predicted octanol–water partition coefficient (Wildman–Crippen LogP) is 2.86. The van der Waals surface area contributed by atoms with E-state index in [0.29, 0.717) is 16.3 Å². The maximum absolute atomic E-state index is 11.6. The number of primary amides is 1. The largest absolute Gasteiger partial charge is 0.495 e. The fourth-order valence-corrected chi connectivity index (χ4v) is 3.58. The molecule has 3 rings (SSSR count). The number of nitrogens with zero attached hydrogens (tertiary/aromatic N) is 1. The van der Waals surface area contributed by atoms with Gasteiger partial charge < -0.3 is 21.1 Å². The molecule has 0 fully saturated rings. The summed E-state index contributed by atoms with van der Waals surface area (Å²) in [6, 6.07) is 15.5. The monoisotopic (exact) mass is 327 g/mol. The molecule has 118 valence electrons. The van der Waals surface area contributed by atoms with Gasteiger partial charge in [0.15, 0.2) is 0 Å². The van der Waals surface area contributed by atoms with Gasteiger partial charge in [-0.2, -0.15) is 0 Å². The zero-order chi connectivity index (χ0) is 16.4. The Balaban J connectivity index is 2.01. The van der Waals surface area contributed by atoms with Crippen molar-refractivity contribution in [1.82, 2.24) is 0 Å². The van der Waals surface area contributed by atoms with Crippen molar-refractivity contribution in [3.8, 4) is 5.75 Å². The normalized spacial score (nSPS) is 17.0. The summed E-state index contributed by atoms with van der Waals surface area (Å²) in [5, 5.41) is -0.0634. The summed E-state index contributed by atoms with van der Waals surface area (Å²) in [5.41, 5.74) is 14.0. The van der Waals surface area contributed by atoms with Crippen LogP contribution in [-0.2, 0) is 4.79 Å². The third-order valence-corrected chi connectivity index (χ3v) is 4.87. The van der Waals surface area contributed by atoms with Crippen LogP contribution in [0, 0.1) is 0 Å². The van der Waals surface area contributed by atoms with E-state index in [1.54, 1.807) is 13.3 Å². The standard InChI is InChI=1S/C17H17N3O2S/c1-22-14-8-7-12(9-13(14)18)20-10-15(16(19)21)23-17(20)11-5-3-2-4-6-11/h2-10,17H,18H2,1H3,(H2,19,21). The van der Waals surface area contributed by atoms with Crippen molar-refractivity contribution in [2.24, 2.45) is 5.73 Å². The maximum atomic E-state index is 11.6. The Kier molecular flexibility index (Phi) is 4.16. The SMILES string of the molecule is COc1ccc(N2C=C(C(N)=O)SC2c2ccccc2)cc1N. The number of ether oxygens (including phenoxy) is 1. The summed E-state index contributed by atoms with van der Waals surface area (Å²) in [5.74, 6) is 0.191. The van der Waals surface area contributed by atoms with Gasteiger partial charge in [-0.3, -0.25) is 4.79 Å². The summed E-state index contributed by atoms with van der Waals surface area (Å²) in [6.45, 7) is 0. The fraction of sp³-hybridized carbons (Fsp3) is 0.118. The average molecular weight is 327 g/mol. The van der Waals surface area contributed by atoms with Crippen molar-refractivity contribution in [2.45, 2.75) is 5.37 Å². The van der Waals surface area contributed by atoms with Gasteiger partial charge in [0.25, 0.3) is 5.91 Å². The molecule has 4 N–H and O–H groups in total. The number of rotatable bonds is 4. The number of hydrogen-bond donors (Lipinski definition) is 2. The first kappa shape index (κ1) is 15.3. The first-order chi connectivity index (χ1) is 11.1. The Hall–Kier alpha value is -2.60. The first-order valence-electron chi connectivity index (χ1n) is 7.05. The van der Waals surface area contributed by atoms with Crippen LogP contribution in [-0.4, -0.2) is 13.0 Å². The molecule has 1 heterocycles. The van der Waals surface area contributed by atoms with Gasteiger partial charge in [0.05, 0.1) is 17.7 Å². The Morgan fingerprint density at radius 1 is 1.22 bits per heavy atom. The zero-order valence-electron chi connectivity index (χ0n) is 12.6. The van der Waals surface area contributed by atoms with E-state index in [0.717, 1.165) is 11.3 Å². The molecular formula is C17H17N3O2S. The molecule has 0 saturated heterocycles. The van der Waals surface area contributed by atoms with Crippen LogP contribution in [0.25, 0.3) is 0 Å². The topological polar surface area (TPSA) is 81.6 Å². The van der Waals surface area contributed by atoms with Crippen LogP contribution in [0.3, 0.4) is 0 Å². The molecular weight excluding hydrogens is 310 g/mol. The molecule has 6 heteroatoms. The number of benzene rings is 2. The van der Waals surface area contributed by atoms with E-state index >= 15 is 0 Å². The number of thioether (sulfide) groups is 1. The number of amides is 1. The average Bonchev–Trinajstić information content (AvgIpc) is 3.01. The summed E-state index contributed by atoms with van der Waals surface area (Å²) < 4.78 is 5.20. The van der Waals surface area contributed by atoms with E-state index in [-0.39, 0.29) is 5.37 Å². The van der Waals surface area contributed by atoms with Gasteiger partial charge >= 0.3 is 0 Å². The Morgan fingerprint density at radius 3 is 2.57 bits per heavy atom. The van der Waals surface area contributed by atoms with Gasteiger partial charge in [-0.15, -0.1) is 0 Å². The lowest BCUT2D eigenvalue weighted by Crippen LogP contribution is -2.17. The van der Waals surface area contributed by atoms with Gasteiger partial charge in [-0.05, 0) is 23.8 Å². The number of anilines is 2. The van der Waals surface area contributed by atoms with Crippen molar-refractivity contribution in [1.29, 1.82) is 0 Å². The van der Waals surface area contributed by atoms with Crippen molar-refractivity contribution in [3.63, 3.8) is 0 Å². The highest BCUT2D eigenvalue weighted by molar-refractivity contribution is 8.04. The van der Waals surface area contributed by atoms with Gasteiger partial charge in [0.2, 0.25) is 0 Å². The maximum Gasteiger partial charge on any atom is 0.256 e. The van der Waals surface area contributed by atoms with Crippen LogP contribution in [0.1, 0.15) is 10.9 Å². The highest BCUT2D eigenvalue weighted by atomic mass is 32.2. The van der Waals surface area contributed by atoms with Gasteiger partial charge in [-0.1, -0.05) is 42.1 Å². The smallest absolute Gasteiger partial charge is 0.256 e. The Morgan fingerprint density at radius 2 is 1.96 bits per heavy atom. The van der Waals surface area contributed by atoms with Gasteiger partial charge in [0.1, 0.15) is 11.1 Å². The minimum atomic E-state index is -0.431. The van der Waals surface area contributed by atoms with Crippen LogP contribution >= 0.6 is 11.8 Å². The molecule has 0 aromatic heterocycles. The molecule has 0 spiro atoms. The molecule has 1 unspecified atom stereocenters. The molecule has 1 atom stereocenters. The summed E-state index contributed by atoms with van der Waals surface area (Å²) in [7, 11) is 1.58. The number of nitrogens with two attached hydrogens (primary N) is 2. The van der Waals surface area contributed by atoms with Crippen molar-refractivity contribution in [3.05, 3.63) is 65.2 Å². The highest BCUT2D eigenvalue weighted by Crippen LogP contribution is 2.46. The van der Waals surface area contributed by atoms with Crippen LogP contribution in [0.2, 0.25) is 0 Å². The molecule has 2 aromatic rings. The highest BCUT2D eigenvalue weighted by Gasteiger charge is 2.30. The van der Waals surface area contributed by atoms with Crippen LogP contribution in [0.15, 0.2) is 59.6 Å². The van der Waals surface area contributed by atoms with E-state index in [1.165, 1.54) is 11.8 Å². The second-order valence-electron chi connectivity index (χ2n) is 5.07. The van der Waals surface area contributed by atoms with E-state index < -0.39 is 5.91 Å². The van der Waals surface area contributed by atoms with Crippen LogP contribution in [0.4, 0.5) is 11.4 Å². The molecule has 23 heavy (non-hydrogen) atoms. The molecule has 0 bridgehead atoms. The van der Waals surface area contributed by atoms with Gasteiger partial charge in [-0.25, -0.2) is 0 Å². The number of hydrogen-bond acceptors (Lipinski definition) is 5. The summed E-state index contributed by atoms with van der Waals surface area (Å²) >= 11 is 1.43. The minimum Gasteiger partial charge on any atom is -0.495 e. The van der Waals surface area contributed by atoms with Crippen molar-refractivity contribution in [2.75, 3.05) is 17.7 Å². The summed E-state index contributed by atoms with van der Waals surface area (Å²) in [4.78, 5) is 14.1. The molecule has 0 saturated carbocycles. The van der Waals surface area contributed by atoms with Crippen LogP contribution < -0.4 is 21.1 Å². The van der Waals surface area contributed by atoms with E-state index in [4.69, 9.17) is 16.2 Å². The quantitative estimate of drug-likeness (QED) is 0.844. The molecule has 0 aliphatic carbocycles. The predicted molar refractivity (Wildman–Crippen MR) is 93.9 cm³/mol. The van der Waals surface area contributed by atoms with Crippen molar-refractivity contribution < 1.29 is 9.53 Å². The molecule has 0 radical (unpaired) electrons. The second-order valence-corrected chi connectivity index (χ2v) is 6.19. The van der Waals surface area contributed by atoms with E-state index in [2.05, 4.69) is 0 Å². The van der Waals surface area contributed by atoms with Crippen molar-refractivity contribution >= 4 is 29.0 Å². The number of methoxy groups -OCH3 is 1. The molecule has 1 amide bonds. The first-order valence-corrected chi connectivity index (χ1v) is 7.93. The molecule has 5 nitrogen and oxygen atoms in total. The number of carbonyl (C=O) groups excluding carboxylic acids is 1. The van der Waals surface area contributed by atoms with Gasteiger partial charge in [0, 0.05) is 11.9 Å². The van der Waals surface area contributed by atoms with Crippen LogP contribution in [0.5, 0.6) is 5.75 Å². The molecule has 1 aliphatic heterocycles. The lowest BCUT2D eigenvalue weighted by molar-refractivity contribution is -0.113. The minimum absolute atomic E-state index is 0.0634. The second kappa shape index (κ2) is 6.26. The number of nitrogen functional groups attached to an aromatic ring is 1. The lowest BCUT2D eigenvalue weighted by atomic mass is 10.2. The lowest BCUT2D eigenvalue weighted by Gasteiger charge is -2.25. The zero-order valence-corrected chi connectivity index (χ0v) is 13.4. The third kappa shape index (κ3) is 2.98. The van der Waals surface area contributed by atoms with E-state index in [9.17, 15) is 4.79 Å². The Bertz CT molecular complexity index is 762. The third-order valence-electron chi connectivity index (χ3n) is 3.59. The summed E-state index contributed by atoms with van der Waals surface area (Å²) in [6.07, 6.45) is 1.77. The molecule has 1 aliphatic rings. The van der Waals surface area contributed by atoms with E-state index in [1.807, 2.05) is 53.4 Å². The molecule has 2 aromatic carbocycles.